The molecule has 0 radical (unpaired) electrons. The number of ether oxygens (including phenoxy) is 1. The molecule has 0 saturated carbocycles. The number of rotatable bonds is 10. The van der Waals surface area contributed by atoms with Crippen LogP contribution in [0, 0.1) is 5.82 Å². The maximum atomic E-state index is 14.0. The topological polar surface area (TPSA) is 114 Å². The van der Waals surface area contributed by atoms with Crippen LogP contribution >= 0.6 is 0 Å². The molecule has 188 valence electrons. The van der Waals surface area contributed by atoms with E-state index in [1.54, 1.807) is 4.90 Å². The van der Waals surface area contributed by atoms with Crippen molar-refractivity contribution in [3.8, 4) is 5.75 Å². The van der Waals surface area contributed by atoms with Crippen LogP contribution in [0.5, 0.6) is 5.75 Å². The number of methoxy groups -OCH3 is 1. The molecule has 0 spiro atoms. The van der Waals surface area contributed by atoms with Gasteiger partial charge in [-0.2, -0.15) is 0 Å². The van der Waals surface area contributed by atoms with Gasteiger partial charge in [0.25, 0.3) is 17.7 Å². The van der Waals surface area contributed by atoms with Crippen molar-refractivity contribution in [2.45, 2.75) is 26.8 Å². The summed E-state index contributed by atoms with van der Waals surface area (Å²) in [5.41, 5.74) is -0.814. The van der Waals surface area contributed by atoms with Crippen molar-refractivity contribution in [3.63, 3.8) is 0 Å². The Hall–Kier alpha value is -4.34. The number of halogens is 1. The van der Waals surface area contributed by atoms with Crippen LogP contribution in [0.25, 0.3) is 0 Å². The summed E-state index contributed by atoms with van der Waals surface area (Å²) in [6.07, 6.45) is 0.850. The molecule has 1 heterocycles. The van der Waals surface area contributed by atoms with E-state index in [0.717, 1.165) is 30.6 Å². The van der Waals surface area contributed by atoms with Crippen molar-refractivity contribution >= 4 is 17.7 Å². The van der Waals surface area contributed by atoms with Gasteiger partial charge in [0.05, 0.1) is 16.6 Å². The molecule has 9 nitrogen and oxygen atoms in total. The number of aromatic nitrogens is 2. The molecular formula is C26H28FN5O4. The van der Waals surface area contributed by atoms with Gasteiger partial charge in [0.15, 0.2) is 11.6 Å². The van der Waals surface area contributed by atoms with E-state index in [4.69, 9.17) is 9.60 Å². The lowest BCUT2D eigenvalue weighted by molar-refractivity contribution is 0.0772. The lowest BCUT2D eigenvalue weighted by atomic mass is 10.1. The van der Waals surface area contributed by atoms with E-state index in [-0.39, 0.29) is 17.0 Å². The smallest absolute Gasteiger partial charge is 0.270 e. The Labute approximate surface area is 218 Å². The SMILES string of the molecule is [2H]C([2H])([2H])Oc1cc(C([2H])([2H])NC(=O)c2cc(C(=O)NC([2H])([2H])c3ccc(C(=O)N(CC)CC)cc3)ncn2)ccc1F. The highest BCUT2D eigenvalue weighted by atomic mass is 19.1. The average molecular weight is 501 g/mol. The molecule has 3 amide bonds. The van der Waals surface area contributed by atoms with Crippen LogP contribution in [0.3, 0.4) is 0 Å². The minimum absolute atomic E-state index is 0.0401. The number of hydrogen-bond donors (Lipinski definition) is 2. The summed E-state index contributed by atoms with van der Waals surface area (Å²) in [4.78, 5) is 47.2. The molecule has 0 aliphatic carbocycles. The minimum atomic E-state index is -3.00. The van der Waals surface area contributed by atoms with Crippen LogP contribution in [0.2, 0.25) is 0 Å². The second-order valence-electron chi connectivity index (χ2n) is 7.25. The largest absolute Gasteiger partial charge is 0.494 e. The molecule has 2 aromatic carbocycles. The summed E-state index contributed by atoms with van der Waals surface area (Å²) in [6.45, 7) is -0.386. The van der Waals surface area contributed by atoms with Gasteiger partial charge >= 0.3 is 0 Å². The monoisotopic (exact) mass is 500 g/mol. The second-order valence-corrected chi connectivity index (χ2v) is 7.25. The molecule has 3 aromatic rings. The van der Waals surface area contributed by atoms with E-state index in [9.17, 15) is 18.8 Å². The zero-order valence-electron chi connectivity index (χ0n) is 26.5. The molecule has 10 heteroatoms. The van der Waals surface area contributed by atoms with Crippen LogP contribution in [0.15, 0.2) is 54.9 Å². The number of benzene rings is 2. The summed E-state index contributed by atoms with van der Waals surface area (Å²) in [5.74, 6) is -4.16. The first kappa shape index (κ1) is 18.0. The highest BCUT2D eigenvalue weighted by Crippen LogP contribution is 2.18. The van der Waals surface area contributed by atoms with Gasteiger partial charge in [-0.1, -0.05) is 18.2 Å². The number of amides is 3. The predicted octanol–water partition coefficient (Wildman–Crippen LogP) is 2.97. The van der Waals surface area contributed by atoms with Gasteiger partial charge in [-0.05, 0) is 49.2 Å². The average Bonchev–Trinajstić information content (AvgIpc) is 2.93. The molecule has 0 unspecified atom stereocenters. The van der Waals surface area contributed by atoms with Gasteiger partial charge in [0.2, 0.25) is 0 Å². The summed E-state index contributed by atoms with van der Waals surface area (Å²) >= 11 is 0. The Bertz CT molecular complexity index is 1500. The number of nitrogens with one attached hydrogen (secondary N) is 2. The Balaban J connectivity index is 1.74. The van der Waals surface area contributed by atoms with Gasteiger partial charge < -0.3 is 20.3 Å². The Morgan fingerprint density at radius 1 is 0.944 bits per heavy atom. The lowest BCUT2D eigenvalue weighted by Crippen LogP contribution is -2.30. The molecule has 0 atom stereocenters. The van der Waals surface area contributed by atoms with E-state index in [1.165, 1.54) is 24.3 Å². The van der Waals surface area contributed by atoms with Crippen LogP contribution in [0.4, 0.5) is 4.39 Å². The fourth-order valence-corrected chi connectivity index (χ4v) is 3.04. The summed E-state index contributed by atoms with van der Waals surface area (Å²) in [7, 11) is -3.00. The highest BCUT2D eigenvalue weighted by Gasteiger charge is 2.15. The Morgan fingerprint density at radius 3 is 2.11 bits per heavy atom. The fraction of sp³-hybridized carbons (Fsp3) is 0.269. The molecule has 0 aliphatic rings. The first-order valence-electron chi connectivity index (χ1n) is 14.3. The van der Waals surface area contributed by atoms with Crippen LogP contribution in [-0.2, 0) is 13.0 Å². The second kappa shape index (κ2) is 12.4. The number of carbonyl (C=O) groups excluding carboxylic acids is 3. The van der Waals surface area contributed by atoms with Gasteiger partial charge in [-0.3, -0.25) is 14.4 Å². The van der Waals surface area contributed by atoms with Crippen molar-refractivity contribution in [3.05, 3.63) is 88.8 Å². The normalized spacial score (nSPS) is 14.5. The predicted molar refractivity (Wildman–Crippen MR) is 131 cm³/mol. The van der Waals surface area contributed by atoms with Crippen molar-refractivity contribution in [2.24, 2.45) is 0 Å². The molecule has 2 N–H and O–H groups in total. The van der Waals surface area contributed by atoms with Crippen molar-refractivity contribution in [1.29, 1.82) is 0 Å². The Kier molecular flexibility index (Phi) is 6.20. The molecule has 1 aromatic heterocycles. The maximum Gasteiger partial charge on any atom is 0.270 e. The van der Waals surface area contributed by atoms with E-state index in [0.29, 0.717) is 18.7 Å². The quantitative estimate of drug-likeness (QED) is 0.443. The van der Waals surface area contributed by atoms with Gasteiger partial charge in [-0.25, -0.2) is 14.4 Å². The molecule has 0 aliphatic heterocycles. The first-order valence-corrected chi connectivity index (χ1v) is 10.8. The van der Waals surface area contributed by atoms with E-state index in [1.807, 2.05) is 19.2 Å². The maximum absolute atomic E-state index is 14.0. The molecule has 0 saturated heterocycles. The molecule has 0 bridgehead atoms. The first-order chi connectivity index (χ1) is 20.0. The third kappa shape index (κ3) is 6.62. The number of carbonyl (C=O) groups is 3. The highest BCUT2D eigenvalue weighted by molar-refractivity contribution is 5.97. The summed E-state index contributed by atoms with van der Waals surface area (Å²) in [5, 5.41) is 4.18. The Morgan fingerprint density at radius 2 is 1.53 bits per heavy atom. The van der Waals surface area contributed by atoms with E-state index < -0.39 is 54.8 Å². The van der Waals surface area contributed by atoms with Crippen molar-refractivity contribution in [2.75, 3.05) is 20.1 Å². The van der Waals surface area contributed by atoms with Gasteiger partial charge in [-0.15, -0.1) is 0 Å². The van der Waals surface area contributed by atoms with E-state index >= 15 is 0 Å². The third-order valence-electron chi connectivity index (χ3n) is 5.00. The standard InChI is InChI=1S/C26H28FN5O4/c1-4-32(5-2)26(35)19-9-6-17(7-10-19)14-28-24(33)21-13-22(31-16-30-21)25(34)29-15-18-8-11-20(27)23(12-18)36-3/h6-13,16H,4-5,14-15H2,1-3H3,(H,28,33)(H,29,34)/i3D3,14D2,15D2. The van der Waals surface area contributed by atoms with Gasteiger partial charge in [0, 0.05) is 37.7 Å². The summed E-state index contributed by atoms with van der Waals surface area (Å²) in [6, 6.07) is 9.07. The molecular weight excluding hydrogens is 465 g/mol. The lowest BCUT2D eigenvalue weighted by Gasteiger charge is -2.18. The molecule has 36 heavy (non-hydrogen) atoms. The zero-order valence-corrected chi connectivity index (χ0v) is 19.5. The minimum Gasteiger partial charge on any atom is -0.494 e. The van der Waals surface area contributed by atoms with Crippen molar-refractivity contribution in [1.82, 2.24) is 25.5 Å². The molecule has 3 rings (SSSR count). The number of hydrogen-bond acceptors (Lipinski definition) is 6. The van der Waals surface area contributed by atoms with Crippen LogP contribution < -0.4 is 15.4 Å². The fourth-order valence-electron chi connectivity index (χ4n) is 3.04. The summed E-state index contributed by atoms with van der Waals surface area (Å²) < 4.78 is 72.9. The van der Waals surface area contributed by atoms with E-state index in [2.05, 4.69) is 20.0 Å². The van der Waals surface area contributed by atoms with Gasteiger partial charge in [0.1, 0.15) is 17.7 Å². The van der Waals surface area contributed by atoms with Crippen LogP contribution in [0.1, 0.15) is 65.9 Å². The van der Waals surface area contributed by atoms with Crippen LogP contribution in [-0.4, -0.2) is 52.7 Å². The third-order valence-corrected chi connectivity index (χ3v) is 5.00. The number of nitrogens with zero attached hydrogens (tertiary/aromatic N) is 3. The molecule has 0 fully saturated rings. The zero-order chi connectivity index (χ0) is 32.2. The van der Waals surface area contributed by atoms with Crippen molar-refractivity contribution < 1.29 is 33.1 Å².